The lowest BCUT2D eigenvalue weighted by Gasteiger charge is -2.06. The Morgan fingerprint density at radius 3 is 2.95 bits per heavy atom. The molecule has 0 aliphatic heterocycles. The predicted octanol–water partition coefficient (Wildman–Crippen LogP) is 1.95. The van der Waals surface area contributed by atoms with Gasteiger partial charge in [0.2, 0.25) is 5.91 Å². The smallest absolute Gasteiger partial charge is 0.336 e. The average molecular weight is 298 g/mol. The Hall–Kier alpha value is -2.89. The third-order valence-corrected chi connectivity index (χ3v) is 3.31. The van der Waals surface area contributed by atoms with Gasteiger partial charge in [-0.25, -0.2) is 4.79 Å². The Morgan fingerprint density at radius 1 is 1.32 bits per heavy atom. The lowest BCUT2D eigenvalue weighted by Crippen LogP contribution is -2.24. The van der Waals surface area contributed by atoms with E-state index in [1.165, 1.54) is 18.5 Å². The van der Waals surface area contributed by atoms with Crippen molar-refractivity contribution >= 4 is 16.9 Å². The summed E-state index contributed by atoms with van der Waals surface area (Å²) in [4.78, 5) is 23.7. The zero-order valence-corrected chi connectivity index (χ0v) is 12.0. The Morgan fingerprint density at radius 2 is 2.18 bits per heavy atom. The molecule has 0 spiro atoms. The van der Waals surface area contributed by atoms with E-state index in [0.717, 1.165) is 16.5 Å². The van der Waals surface area contributed by atoms with Crippen molar-refractivity contribution in [1.29, 1.82) is 0 Å². The molecule has 112 valence electrons. The van der Waals surface area contributed by atoms with Crippen LogP contribution in [0.4, 0.5) is 0 Å². The van der Waals surface area contributed by atoms with Gasteiger partial charge in [-0.3, -0.25) is 4.79 Å². The first-order chi connectivity index (χ1) is 10.6. The van der Waals surface area contributed by atoms with E-state index < -0.39 is 5.63 Å². The lowest BCUT2D eigenvalue weighted by atomic mass is 10.1. The van der Waals surface area contributed by atoms with Gasteiger partial charge in [0.05, 0.1) is 12.6 Å². The van der Waals surface area contributed by atoms with Crippen LogP contribution in [0, 0.1) is 6.92 Å². The Balaban J connectivity index is 1.81. The van der Waals surface area contributed by atoms with Gasteiger partial charge < -0.3 is 14.3 Å². The van der Waals surface area contributed by atoms with E-state index in [0.29, 0.717) is 17.7 Å². The van der Waals surface area contributed by atoms with Crippen LogP contribution in [-0.4, -0.2) is 11.1 Å². The van der Waals surface area contributed by atoms with Gasteiger partial charge in [0.25, 0.3) is 0 Å². The molecule has 0 radical (unpaired) electrons. The van der Waals surface area contributed by atoms with Gasteiger partial charge in [0, 0.05) is 23.6 Å². The summed E-state index contributed by atoms with van der Waals surface area (Å²) >= 11 is 0. The standard InChI is InChI=1S/C16H14N2O4/c1-10-2-3-13-12(6-16(20)22-14(13)4-10)5-15(19)17-7-11-8-18-21-9-11/h2-4,6,8-9H,5,7H2,1H3,(H,17,19). The zero-order valence-electron chi connectivity index (χ0n) is 12.0. The number of nitrogens with zero attached hydrogens (tertiary/aromatic N) is 1. The number of benzene rings is 1. The van der Waals surface area contributed by atoms with Gasteiger partial charge in [-0.2, -0.15) is 0 Å². The molecular weight excluding hydrogens is 284 g/mol. The highest BCUT2D eigenvalue weighted by molar-refractivity contribution is 5.87. The number of hydrogen-bond donors (Lipinski definition) is 1. The zero-order chi connectivity index (χ0) is 15.5. The van der Waals surface area contributed by atoms with Crippen molar-refractivity contribution in [1.82, 2.24) is 10.5 Å². The normalized spacial score (nSPS) is 10.8. The van der Waals surface area contributed by atoms with E-state index in [4.69, 9.17) is 8.94 Å². The first-order valence-corrected chi connectivity index (χ1v) is 6.80. The Bertz CT molecular complexity index is 865. The van der Waals surface area contributed by atoms with Gasteiger partial charge in [-0.15, -0.1) is 0 Å². The van der Waals surface area contributed by atoms with E-state index >= 15 is 0 Å². The van der Waals surface area contributed by atoms with E-state index in [1.807, 2.05) is 19.1 Å². The SMILES string of the molecule is Cc1ccc2c(CC(=O)NCc3cnoc3)cc(=O)oc2c1. The van der Waals surface area contributed by atoms with Crippen LogP contribution in [0.25, 0.3) is 11.0 Å². The molecule has 0 bridgehead atoms. The van der Waals surface area contributed by atoms with Crippen LogP contribution >= 0.6 is 0 Å². The summed E-state index contributed by atoms with van der Waals surface area (Å²) < 4.78 is 9.87. The molecule has 3 rings (SSSR count). The number of carbonyl (C=O) groups is 1. The van der Waals surface area contributed by atoms with Gasteiger partial charge in [-0.05, 0) is 24.1 Å². The van der Waals surface area contributed by atoms with E-state index in [1.54, 1.807) is 6.07 Å². The van der Waals surface area contributed by atoms with Crippen molar-refractivity contribution in [3.05, 3.63) is 63.8 Å². The number of fused-ring (bicyclic) bond motifs is 1. The minimum Gasteiger partial charge on any atom is -0.423 e. The number of aromatic nitrogens is 1. The van der Waals surface area contributed by atoms with Crippen molar-refractivity contribution in [2.75, 3.05) is 0 Å². The molecule has 1 aromatic carbocycles. The Labute approximate surface area is 125 Å². The highest BCUT2D eigenvalue weighted by atomic mass is 16.5. The molecule has 6 nitrogen and oxygen atoms in total. The topological polar surface area (TPSA) is 85.3 Å². The van der Waals surface area contributed by atoms with Crippen LogP contribution in [0.1, 0.15) is 16.7 Å². The predicted molar refractivity (Wildman–Crippen MR) is 79.3 cm³/mol. The molecule has 0 fully saturated rings. The monoisotopic (exact) mass is 298 g/mol. The molecule has 1 amide bonds. The second kappa shape index (κ2) is 5.85. The van der Waals surface area contributed by atoms with Gasteiger partial charge in [-0.1, -0.05) is 17.3 Å². The quantitative estimate of drug-likeness (QED) is 0.744. The number of amides is 1. The molecule has 0 atom stereocenters. The van der Waals surface area contributed by atoms with Gasteiger partial charge in [0.15, 0.2) is 0 Å². The van der Waals surface area contributed by atoms with Crippen molar-refractivity contribution in [2.45, 2.75) is 19.9 Å². The van der Waals surface area contributed by atoms with E-state index in [9.17, 15) is 9.59 Å². The maximum atomic E-state index is 12.0. The van der Waals surface area contributed by atoms with Crippen LogP contribution in [0.2, 0.25) is 0 Å². The Kier molecular flexibility index (Phi) is 3.74. The second-order valence-electron chi connectivity index (χ2n) is 5.08. The lowest BCUT2D eigenvalue weighted by molar-refractivity contribution is -0.120. The van der Waals surface area contributed by atoms with Crippen molar-refractivity contribution in [3.8, 4) is 0 Å². The average Bonchev–Trinajstić information content (AvgIpc) is 2.97. The summed E-state index contributed by atoms with van der Waals surface area (Å²) in [6.45, 7) is 2.25. The highest BCUT2D eigenvalue weighted by Crippen LogP contribution is 2.18. The number of carbonyl (C=O) groups excluding carboxylic acids is 1. The first-order valence-electron chi connectivity index (χ1n) is 6.80. The molecular formula is C16H14N2O4. The van der Waals surface area contributed by atoms with E-state index in [-0.39, 0.29) is 12.3 Å². The minimum absolute atomic E-state index is 0.108. The van der Waals surface area contributed by atoms with Crippen molar-refractivity contribution in [3.63, 3.8) is 0 Å². The van der Waals surface area contributed by atoms with Crippen LogP contribution in [0.15, 0.2) is 50.5 Å². The van der Waals surface area contributed by atoms with Gasteiger partial charge >= 0.3 is 5.63 Å². The number of rotatable bonds is 4. The molecule has 1 N–H and O–H groups in total. The minimum atomic E-state index is -0.458. The number of nitrogens with one attached hydrogen (secondary N) is 1. The number of aryl methyl sites for hydroxylation is 1. The molecule has 2 aromatic heterocycles. The molecule has 6 heteroatoms. The molecule has 2 heterocycles. The summed E-state index contributed by atoms with van der Waals surface area (Å²) in [7, 11) is 0. The maximum absolute atomic E-state index is 12.0. The molecule has 0 unspecified atom stereocenters. The third kappa shape index (κ3) is 3.06. The van der Waals surface area contributed by atoms with Gasteiger partial charge in [0.1, 0.15) is 11.8 Å². The fourth-order valence-electron chi connectivity index (χ4n) is 2.23. The second-order valence-corrected chi connectivity index (χ2v) is 5.08. The third-order valence-electron chi connectivity index (χ3n) is 3.31. The number of hydrogen-bond acceptors (Lipinski definition) is 5. The van der Waals surface area contributed by atoms with Crippen LogP contribution < -0.4 is 10.9 Å². The summed E-state index contributed by atoms with van der Waals surface area (Å²) in [5.41, 5.74) is 2.45. The molecule has 22 heavy (non-hydrogen) atoms. The summed E-state index contributed by atoms with van der Waals surface area (Å²) in [5, 5.41) is 7.09. The fourth-order valence-corrected chi connectivity index (χ4v) is 2.23. The maximum Gasteiger partial charge on any atom is 0.336 e. The van der Waals surface area contributed by atoms with E-state index in [2.05, 4.69) is 10.5 Å². The van der Waals surface area contributed by atoms with Crippen molar-refractivity contribution < 1.29 is 13.7 Å². The first kappa shape index (κ1) is 14.1. The summed E-state index contributed by atoms with van der Waals surface area (Å²) in [6.07, 6.45) is 3.11. The highest BCUT2D eigenvalue weighted by Gasteiger charge is 2.10. The largest absolute Gasteiger partial charge is 0.423 e. The molecule has 3 aromatic rings. The van der Waals surface area contributed by atoms with Crippen LogP contribution in [-0.2, 0) is 17.8 Å². The molecule has 0 saturated carbocycles. The summed E-state index contributed by atoms with van der Waals surface area (Å²) in [6, 6.07) is 6.92. The van der Waals surface area contributed by atoms with Crippen LogP contribution in [0.3, 0.4) is 0 Å². The van der Waals surface area contributed by atoms with Crippen LogP contribution in [0.5, 0.6) is 0 Å². The molecule has 0 aliphatic carbocycles. The molecule has 0 saturated heterocycles. The summed E-state index contributed by atoms with van der Waals surface area (Å²) in [5.74, 6) is -0.186. The fraction of sp³-hybridized carbons (Fsp3) is 0.188. The molecule has 0 aliphatic rings. The van der Waals surface area contributed by atoms with Crippen molar-refractivity contribution in [2.24, 2.45) is 0 Å².